The third-order valence-corrected chi connectivity index (χ3v) is 6.53. The highest BCUT2D eigenvalue weighted by Gasteiger charge is 2.36. The first kappa shape index (κ1) is 35.2. The second-order valence-corrected chi connectivity index (χ2v) is 9.97. The molecule has 0 aliphatic rings. The molecule has 242 valence electrons. The number of ether oxygens (including phenoxy) is 4. The molecule has 0 unspecified atom stereocenters. The van der Waals surface area contributed by atoms with Crippen molar-refractivity contribution >= 4 is 17.6 Å². The van der Waals surface area contributed by atoms with Crippen molar-refractivity contribution in [1.82, 2.24) is 9.78 Å². The number of carbonyl (C=O) groups is 1. The van der Waals surface area contributed by atoms with Crippen molar-refractivity contribution in [3.05, 3.63) is 52.7 Å². The molecule has 0 saturated carbocycles. The van der Waals surface area contributed by atoms with E-state index in [0.29, 0.717) is 52.2 Å². The maximum absolute atomic E-state index is 13.8. The van der Waals surface area contributed by atoms with E-state index in [2.05, 4.69) is 5.10 Å². The summed E-state index contributed by atoms with van der Waals surface area (Å²) in [7, 11) is 1.26. The molecule has 0 spiro atoms. The fraction of sp³-hybridized carbons (Fsp3) is 0.448. The number of rotatable bonds is 15. The number of halogens is 7. The van der Waals surface area contributed by atoms with Crippen LogP contribution in [-0.2, 0) is 33.7 Å². The molecule has 0 aliphatic carbocycles. The largest absolute Gasteiger partial charge is 0.493 e. The molecular weight excluding hydrogens is 620 g/mol. The highest BCUT2D eigenvalue weighted by molar-refractivity contribution is 6.31. The molecule has 15 heteroatoms. The summed E-state index contributed by atoms with van der Waals surface area (Å²) in [5.41, 5.74) is 2.70. The van der Waals surface area contributed by atoms with E-state index >= 15 is 0 Å². The third kappa shape index (κ3) is 9.58. The highest BCUT2D eigenvalue weighted by atomic mass is 35.5. The van der Waals surface area contributed by atoms with E-state index in [9.17, 15) is 31.1 Å². The van der Waals surface area contributed by atoms with Crippen LogP contribution >= 0.6 is 11.6 Å². The minimum atomic E-state index is -4.82. The molecule has 1 heterocycles. The van der Waals surface area contributed by atoms with Gasteiger partial charge >= 0.3 is 18.3 Å². The SMILES string of the molecule is CC(=O)Oc1c(-c2cc(C(F)(F)F)nn2C)ccc(OCCCCCOCCOCCN)c1-c1ccc(Cl)c(C(F)(F)F)c1. The lowest BCUT2D eigenvalue weighted by molar-refractivity contribution is -0.141. The van der Waals surface area contributed by atoms with Gasteiger partial charge in [-0.2, -0.15) is 31.4 Å². The minimum Gasteiger partial charge on any atom is -0.493 e. The lowest BCUT2D eigenvalue weighted by Crippen LogP contribution is -2.12. The number of carbonyl (C=O) groups excluding carboxylic acids is 1. The number of unbranched alkanes of at least 4 members (excludes halogenated alkanes) is 2. The standard InChI is InChI=1S/C29H32ClF6N3O5/c1-18(40)44-27-20(23-17-25(29(34,35)36)38-39(23)2)7-9-24(43-12-5-3-4-11-41-14-15-42-13-10-37)26(27)19-6-8-22(30)21(16-19)28(31,32)33/h6-9,16-17H,3-5,10-15,37H2,1-2H3. The molecule has 0 saturated heterocycles. The van der Waals surface area contributed by atoms with Crippen LogP contribution in [0, 0.1) is 0 Å². The Bertz CT molecular complexity index is 1410. The first-order chi connectivity index (χ1) is 20.7. The molecule has 0 aliphatic heterocycles. The summed E-state index contributed by atoms with van der Waals surface area (Å²) in [4.78, 5) is 12.2. The van der Waals surface area contributed by atoms with E-state index in [4.69, 9.17) is 36.3 Å². The summed E-state index contributed by atoms with van der Waals surface area (Å²) >= 11 is 5.83. The van der Waals surface area contributed by atoms with Gasteiger partial charge in [0.2, 0.25) is 0 Å². The van der Waals surface area contributed by atoms with Crippen LogP contribution in [0.3, 0.4) is 0 Å². The Morgan fingerprint density at radius 1 is 0.909 bits per heavy atom. The average molecular weight is 652 g/mol. The fourth-order valence-corrected chi connectivity index (χ4v) is 4.46. The van der Waals surface area contributed by atoms with Crippen molar-refractivity contribution in [3.8, 4) is 33.9 Å². The van der Waals surface area contributed by atoms with Crippen LogP contribution < -0.4 is 15.2 Å². The Labute approximate surface area is 255 Å². The lowest BCUT2D eigenvalue weighted by atomic mass is 9.96. The number of esters is 1. The van der Waals surface area contributed by atoms with Crippen molar-refractivity contribution in [2.75, 3.05) is 39.6 Å². The van der Waals surface area contributed by atoms with E-state index in [0.717, 1.165) is 29.8 Å². The highest BCUT2D eigenvalue weighted by Crippen LogP contribution is 2.47. The first-order valence-corrected chi connectivity index (χ1v) is 13.9. The van der Waals surface area contributed by atoms with Crippen LogP contribution in [0.1, 0.15) is 37.4 Å². The molecule has 3 aromatic rings. The first-order valence-electron chi connectivity index (χ1n) is 13.6. The third-order valence-electron chi connectivity index (χ3n) is 6.20. The maximum atomic E-state index is 13.8. The van der Waals surface area contributed by atoms with Gasteiger partial charge < -0.3 is 24.7 Å². The van der Waals surface area contributed by atoms with Gasteiger partial charge in [-0.1, -0.05) is 17.7 Å². The van der Waals surface area contributed by atoms with E-state index < -0.39 is 34.6 Å². The van der Waals surface area contributed by atoms with Gasteiger partial charge in [-0.25, -0.2) is 0 Å². The molecule has 0 radical (unpaired) electrons. The Balaban J connectivity index is 1.97. The lowest BCUT2D eigenvalue weighted by Gasteiger charge is -2.20. The molecule has 2 aromatic carbocycles. The second kappa shape index (κ2) is 15.6. The van der Waals surface area contributed by atoms with E-state index in [-0.39, 0.29) is 40.5 Å². The number of hydrogen-bond donors (Lipinski definition) is 1. The van der Waals surface area contributed by atoms with Crippen molar-refractivity contribution in [2.45, 2.75) is 38.5 Å². The second-order valence-electron chi connectivity index (χ2n) is 9.56. The average Bonchev–Trinajstić information content (AvgIpc) is 3.33. The van der Waals surface area contributed by atoms with Crippen LogP contribution in [0.5, 0.6) is 11.5 Å². The topological polar surface area (TPSA) is 97.8 Å². The van der Waals surface area contributed by atoms with Crippen molar-refractivity contribution in [2.24, 2.45) is 12.8 Å². The van der Waals surface area contributed by atoms with Crippen molar-refractivity contribution in [1.29, 1.82) is 0 Å². The quantitative estimate of drug-likeness (QED) is 0.0825. The van der Waals surface area contributed by atoms with Crippen LogP contribution in [-0.4, -0.2) is 55.3 Å². The van der Waals surface area contributed by atoms with E-state index in [1.54, 1.807) is 0 Å². The van der Waals surface area contributed by atoms with E-state index in [1.807, 2.05) is 0 Å². The van der Waals surface area contributed by atoms with Gasteiger partial charge in [0.1, 0.15) is 5.75 Å². The molecule has 2 N–H and O–H groups in total. The van der Waals surface area contributed by atoms with E-state index in [1.165, 1.54) is 25.2 Å². The normalized spacial score (nSPS) is 12.0. The van der Waals surface area contributed by atoms with Gasteiger partial charge in [-0.15, -0.1) is 0 Å². The summed E-state index contributed by atoms with van der Waals surface area (Å²) in [6.07, 6.45) is -7.65. The Morgan fingerprint density at radius 2 is 1.59 bits per heavy atom. The summed E-state index contributed by atoms with van der Waals surface area (Å²) in [5.74, 6) is -1.11. The van der Waals surface area contributed by atoms with Crippen molar-refractivity contribution < 1.29 is 50.1 Å². The van der Waals surface area contributed by atoms with Gasteiger partial charge in [0, 0.05) is 32.7 Å². The predicted octanol–water partition coefficient (Wildman–Crippen LogP) is 6.91. The van der Waals surface area contributed by atoms with Crippen molar-refractivity contribution in [3.63, 3.8) is 0 Å². The molecule has 1 aromatic heterocycles. The number of nitrogens with two attached hydrogens (primary N) is 1. The minimum absolute atomic E-state index is 0.0239. The molecule has 8 nitrogen and oxygen atoms in total. The van der Waals surface area contributed by atoms with Crippen LogP contribution in [0.15, 0.2) is 36.4 Å². The zero-order valence-corrected chi connectivity index (χ0v) is 24.7. The molecular formula is C29H32ClF6N3O5. The van der Waals surface area contributed by atoms with Crippen LogP contribution in [0.2, 0.25) is 5.02 Å². The fourth-order valence-electron chi connectivity index (χ4n) is 4.24. The van der Waals surface area contributed by atoms with Crippen LogP contribution in [0.25, 0.3) is 22.4 Å². The Kier molecular flexibility index (Phi) is 12.5. The van der Waals surface area contributed by atoms with Gasteiger partial charge in [0.05, 0.1) is 48.3 Å². The number of aromatic nitrogens is 2. The molecule has 0 fully saturated rings. The molecule has 0 amide bonds. The number of aryl methyl sites for hydroxylation is 1. The molecule has 0 bridgehead atoms. The molecule has 0 atom stereocenters. The number of alkyl halides is 6. The Hall–Kier alpha value is -3.33. The summed E-state index contributed by atoms with van der Waals surface area (Å²) in [6.45, 7) is 3.41. The summed E-state index contributed by atoms with van der Waals surface area (Å²) in [5, 5.41) is 2.94. The maximum Gasteiger partial charge on any atom is 0.435 e. The van der Waals surface area contributed by atoms with Gasteiger partial charge in [-0.3, -0.25) is 9.48 Å². The van der Waals surface area contributed by atoms with Gasteiger partial charge in [0.25, 0.3) is 0 Å². The molecule has 44 heavy (non-hydrogen) atoms. The Morgan fingerprint density at radius 3 is 2.20 bits per heavy atom. The number of hydrogen-bond acceptors (Lipinski definition) is 7. The zero-order chi connectivity index (χ0) is 32.5. The number of nitrogens with zero attached hydrogens (tertiary/aromatic N) is 2. The number of benzene rings is 2. The monoisotopic (exact) mass is 651 g/mol. The zero-order valence-electron chi connectivity index (χ0n) is 24.0. The van der Waals surface area contributed by atoms with Gasteiger partial charge in [-0.05, 0) is 55.2 Å². The van der Waals surface area contributed by atoms with Gasteiger partial charge in [0.15, 0.2) is 11.4 Å². The summed E-state index contributed by atoms with van der Waals surface area (Å²) in [6, 6.07) is 6.57. The summed E-state index contributed by atoms with van der Waals surface area (Å²) < 4.78 is 105. The smallest absolute Gasteiger partial charge is 0.435 e. The molecule has 3 rings (SSSR count). The van der Waals surface area contributed by atoms with Crippen LogP contribution in [0.4, 0.5) is 26.3 Å². The predicted molar refractivity (Wildman–Crippen MR) is 150 cm³/mol.